The van der Waals surface area contributed by atoms with Crippen LogP contribution in [0.2, 0.25) is 0 Å². The van der Waals surface area contributed by atoms with Gasteiger partial charge in [-0.2, -0.15) is 0 Å². The van der Waals surface area contributed by atoms with Crippen LogP contribution in [0.5, 0.6) is 0 Å². The van der Waals surface area contributed by atoms with E-state index in [9.17, 15) is 5.11 Å². The van der Waals surface area contributed by atoms with Gasteiger partial charge in [0, 0.05) is 6.42 Å². The van der Waals surface area contributed by atoms with E-state index in [4.69, 9.17) is 4.74 Å². The van der Waals surface area contributed by atoms with Gasteiger partial charge in [-0.3, -0.25) is 0 Å². The molecule has 0 spiro atoms. The smallest absolute Gasteiger partial charge is 0.121 e. The molecule has 2 aliphatic rings. The Morgan fingerprint density at radius 1 is 1.38 bits per heavy atom. The van der Waals surface area contributed by atoms with Gasteiger partial charge in [-0.1, -0.05) is 32.6 Å². The lowest BCUT2D eigenvalue weighted by Gasteiger charge is -2.31. The highest BCUT2D eigenvalue weighted by molar-refractivity contribution is 5.06. The normalized spacial score (nSPS) is 32.0. The van der Waals surface area contributed by atoms with Crippen molar-refractivity contribution in [1.29, 1.82) is 0 Å². The van der Waals surface area contributed by atoms with Gasteiger partial charge in [-0.15, -0.1) is 0 Å². The highest BCUT2D eigenvalue weighted by Gasteiger charge is 2.29. The Morgan fingerprint density at radius 3 is 2.69 bits per heavy atom. The van der Waals surface area contributed by atoms with Crippen molar-refractivity contribution in [3.63, 3.8) is 0 Å². The van der Waals surface area contributed by atoms with E-state index in [1.54, 1.807) is 0 Å². The molecule has 1 heterocycles. The van der Waals surface area contributed by atoms with Crippen LogP contribution in [0.1, 0.15) is 51.9 Å². The molecule has 1 saturated carbocycles. The Balaban J connectivity index is 1.79. The Labute approximate surface area is 98.7 Å². The Morgan fingerprint density at radius 2 is 2.12 bits per heavy atom. The van der Waals surface area contributed by atoms with Crippen LogP contribution in [-0.4, -0.2) is 17.8 Å². The number of ether oxygens (including phenoxy) is 1. The molecular weight excluding hydrogens is 200 g/mol. The van der Waals surface area contributed by atoms with Gasteiger partial charge in [-0.25, -0.2) is 0 Å². The summed E-state index contributed by atoms with van der Waals surface area (Å²) in [5.74, 6) is 2.20. The first-order chi connectivity index (χ1) is 7.81. The zero-order chi connectivity index (χ0) is 11.4. The molecule has 2 rings (SSSR count). The lowest BCUT2D eigenvalue weighted by molar-refractivity contribution is 0.0506. The van der Waals surface area contributed by atoms with Crippen LogP contribution in [0.25, 0.3) is 0 Å². The molecule has 1 aliphatic heterocycles. The minimum atomic E-state index is -0.329. The van der Waals surface area contributed by atoms with Gasteiger partial charge >= 0.3 is 0 Å². The van der Waals surface area contributed by atoms with E-state index in [0.29, 0.717) is 5.92 Å². The standard InChI is InChI=1S/C14H24O2/c1-2-4-11-6-8-12(9-7-11)14(15)13-5-3-10-16-13/h5,11-12,14-15H,2-4,6-10H2,1H3. The van der Waals surface area contributed by atoms with Crippen LogP contribution in [-0.2, 0) is 4.74 Å². The predicted octanol–water partition coefficient (Wildman–Crippen LogP) is 3.26. The third-order valence-corrected chi connectivity index (χ3v) is 4.06. The molecule has 92 valence electrons. The van der Waals surface area contributed by atoms with Crippen molar-refractivity contribution < 1.29 is 9.84 Å². The molecule has 1 atom stereocenters. The zero-order valence-corrected chi connectivity index (χ0v) is 10.3. The van der Waals surface area contributed by atoms with E-state index in [0.717, 1.165) is 24.7 Å². The largest absolute Gasteiger partial charge is 0.495 e. The van der Waals surface area contributed by atoms with Crippen LogP contribution >= 0.6 is 0 Å². The molecule has 0 radical (unpaired) electrons. The minimum Gasteiger partial charge on any atom is -0.495 e. The molecule has 2 nitrogen and oxygen atoms in total. The van der Waals surface area contributed by atoms with E-state index in [-0.39, 0.29) is 6.10 Å². The monoisotopic (exact) mass is 224 g/mol. The van der Waals surface area contributed by atoms with E-state index in [1.807, 2.05) is 0 Å². The average molecular weight is 224 g/mol. The summed E-state index contributed by atoms with van der Waals surface area (Å²) in [6.07, 6.45) is 10.3. The first-order valence-electron chi connectivity index (χ1n) is 6.82. The Bertz CT molecular complexity index is 239. The fourth-order valence-corrected chi connectivity index (χ4v) is 3.08. The van der Waals surface area contributed by atoms with Crippen molar-refractivity contribution in [2.75, 3.05) is 6.61 Å². The molecule has 1 aliphatic carbocycles. The number of rotatable bonds is 4. The van der Waals surface area contributed by atoms with Crippen LogP contribution in [0.4, 0.5) is 0 Å². The van der Waals surface area contributed by atoms with E-state index in [2.05, 4.69) is 13.0 Å². The third-order valence-electron chi connectivity index (χ3n) is 4.06. The van der Waals surface area contributed by atoms with Crippen LogP contribution in [0, 0.1) is 11.8 Å². The minimum absolute atomic E-state index is 0.329. The molecule has 2 heteroatoms. The highest BCUT2D eigenvalue weighted by atomic mass is 16.5. The van der Waals surface area contributed by atoms with Crippen molar-refractivity contribution in [2.24, 2.45) is 11.8 Å². The topological polar surface area (TPSA) is 29.5 Å². The SMILES string of the molecule is CCCC1CCC(C(O)C2=CCCO2)CC1. The molecule has 1 unspecified atom stereocenters. The second kappa shape index (κ2) is 5.72. The number of aliphatic hydroxyl groups is 1. The van der Waals surface area contributed by atoms with Crippen molar-refractivity contribution in [3.8, 4) is 0 Å². The molecule has 1 fully saturated rings. The van der Waals surface area contributed by atoms with Crippen molar-refractivity contribution in [2.45, 2.75) is 58.0 Å². The Kier molecular flexibility index (Phi) is 4.28. The summed E-state index contributed by atoms with van der Waals surface area (Å²) in [5, 5.41) is 10.2. The summed E-state index contributed by atoms with van der Waals surface area (Å²) in [6.45, 7) is 3.02. The highest BCUT2D eigenvalue weighted by Crippen LogP contribution is 2.35. The van der Waals surface area contributed by atoms with E-state index < -0.39 is 0 Å². The maximum absolute atomic E-state index is 10.2. The summed E-state index contributed by atoms with van der Waals surface area (Å²) >= 11 is 0. The second-order valence-corrected chi connectivity index (χ2v) is 5.26. The van der Waals surface area contributed by atoms with Gasteiger partial charge in [0.2, 0.25) is 0 Å². The predicted molar refractivity (Wildman–Crippen MR) is 65.0 cm³/mol. The molecule has 0 saturated heterocycles. The number of hydrogen-bond donors (Lipinski definition) is 1. The lowest BCUT2D eigenvalue weighted by Crippen LogP contribution is -2.27. The molecule has 0 aromatic heterocycles. The van der Waals surface area contributed by atoms with Crippen LogP contribution in [0.3, 0.4) is 0 Å². The molecule has 0 aromatic rings. The summed E-state index contributed by atoms with van der Waals surface area (Å²) in [6, 6.07) is 0. The molecule has 0 aromatic carbocycles. The summed E-state index contributed by atoms with van der Waals surface area (Å²) in [4.78, 5) is 0. The number of hydrogen-bond acceptors (Lipinski definition) is 2. The molecule has 16 heavy (non-hydrogen) atoms. The fraction of sp³-hybridized carbons (Fsp3) is 0.857. The summed E-state index contributed by atoms with van der Waals surface area (Å²) in [5.41, 5.74) is 0. The Hall–Kier alpha value is -0.500. The first kappa shape index (κ1) is 12.0. The molecule has 0 amide bonds. The van der Waals surface area contributed by atoms with Crippen LogP contribution < -0.4 is 0 Å². The quantitative estimate of drug-likeness (QED) is 0.794. The van der Waals surface area contributed by atoms with Crippen molar-refractivity contribution in [1.82, 2.24) is 0 Å². The fourth-order valence-electron chi connectivity index (χ4n) is 3.08. The lowest BCUT2D eigenvalue weighted by atomic mass is 9.77. The van der Waals surface area contributed by atoms with E-state index in [1.165, 1.54) is 38.5 Å². The van der Waals surface area contributed by atoms with Gasteiger partial charge in [0.05, 0.1) is 6.61 Å². The van der Waals surface area contributed by atoms with Gasteiger partial charge in [0.1, 0.15) is 11.9 Å². The van der Waals surface area contributed by atoms with Gasteiger partial charge in [0.15, 0.2) is 0 Å². The zero-order valence-electron chi connectivity index (χ0n) is 10.3. The van der Waals surface area contributed by atoms with E-state index >= 15 is 0 Å². The van der Waals surface area contributed by atoms with Crippen molar-refractivity contribution in [3.05, 3.63) is 11.8 Å². The maximum Gasteiger partial charge on any atom is 0.121 e. The molecule has 1 N–H and O–H groups in total. The summed E-state index contributed by atoms with van der Waals surface area (Å²) < 4.78 is 5.45. The first-order valence-corrected chi connectivity index (χ1v) is 6.82. The van der Waals surface area contributed by atoms with Gasteiger partial charge < -0.3 is 9.84 Å². The molecule has 0 bridgehead atoms. The maximum atomic E-state index is 10.2. The van der Waals surface area contributed by atoms with Gasteiger partial charge in [-0.05, 0) is 30.8 Å². The van der Waals surface area contributed by atoms with Gasteiger partial charge in [0.25, 0.3) is 0 Å². The number of aliphatic hydroxyl groups excluding tert-OH is 1. The summed E-state index contributed by atoms with van der Waals surface area (Å²) in [7, 11) is 0. The third kappa shape index (κ3) is 2.79. The average Bonchev–Trinajstić information content (AvgIpc) is 2.83. The van der Waals surface area contributed by atoms with Crippen molar-refractivity contribution >= 4 is 0 Å². The van der Waals surface area contributed by atoms with Crippen LogP contribution in [0.15, 0.2) is 11.8 Å². The second-order valence-electron chi connectivity index (χ2n) is 5.26. The molecular formula is C14H24O2.